The minimum absolute atomic E-state index is 0.0648. The van der Waals surface area contributed by atoms with Gasteiger partial charge in [-0.15, -0.1) is 0 Å². The summed E-state index contributed by atoms with van der Waals surface area (Å²) in [4.78, 5) is 13.6. The summed E-state index contributed by atoms with van der Waals surface area (Å²) in [6.45, 7) is 0. The first-order chi connectivity index (χ1) is 6.60. The molecular weight excluding hydrogens is 263 g/mol. The fourth-order valence-electron chi connectivity index (χ4n) is 0.951. The Balaban J connectivity index is 3.35. The van der Waals surface area contributed by atoms with Crippen LogP contribution in [0.15, 0.2) is 6.07 Å². The van der Waals surface area contributed by atoms with Gasteiger partial charge in [-0.3, -0.25) is 4.79 Å². The standard InChI is InChI=1S/C8H5BrF3NO/c9-2-5-6(10)1-4(3-14)13-7(5)8(11)12/h1,3,8H,2H2. The van der Waals surface area contributed by atoms with Gasteiger partial charge in [0.2, 0.25) is 0 Å². The molecule has 0 saturated carbocycles. The molecule has 14 heavy (non-hydrogen) atoms. The average molecular weight is 268 g/mol. The monoisotopic (exact) mass is 267 g/mol. The molecule has 0 amide bonds. The Labute approximate surface area is 86.3 Å². The van der Waals surface area contributed by atoms with Crippen LogP contribution in [0.3, 0.4) is 0 Å². The molecule has 0 saturated heterocycles. The van der Waals surface area contributed by atoms with Crippen LogP contribution in [0.4, 0.5) is 13.2 Å². The quantitative estimate of drug-likeness (QED) is 0.623. The van der Waals surface area contributed by atoms with E-state index in [9.17, 15) is 18.0 Å². The number of halogens is 4. The lowest BCUT2D eigenvalue weighted by atomic mass is 10.2. The second-order valence-electron chi connectivity index (χ2n) is 2.44. The number of carbonyl (C=O) groups is 1. The third kappa shape index (κ3) is 2.12. The predicted molar refractivity (Wildman–Crippen MR) is 47.2 cm³/mol. The van der Waals surface area contributed by atoms with Crippen LogP contribution in [-0.2, 0) is 5.33 Å². The van der Waals surface area contributed by atoms with Crippen LogP contribution in [-0.4, -0.2) is 11.3 Å². The maximum Gasteiger partial charge on any atom is 0.280 e. The van der Waals surface area contributed by atoms with E-state index in [0.29, 0.717) is 0 Å². The molecule has 0 unspecified atom stereocenters. The maximum absolute atomic E-state index is 13.1. The lowest BCUT2D eigenvalue weighted by molar-refractivity contribution is 0.111. The van der Waals surface area contributed by atoms with E-state index < -0.39 is 17.9 Å². The summed E-state index contributed by atoms with van der Waals surface area (Å²) in [6.07, 6.45) is -2.66. The minimum Gasteiger partial charge on any atom is -0.296 e. The van der Waals surface area contributed by atoms with Gasteiger partial charge in [0, 0.05) is 17.0 Å². The summed E-state index contributed by atoms with van der Waals surface area (Å²) < 4.78 is 37.8. The molecule has 76 valence electrons. The molecular formula is C8H5BrF3NO. The van der Waals surface area contributed by atoms with Gasteiger partial charge in [-0.05, 0) is 0 Å². The Bertz CT molecular complexity index is 357. The van der Waals surface area contributed by atoms with E-state index in [1.54, 1.807) is 0 Å². The van der Waals surface area contributed by atoms with Gasteiger partial charge in [0.1, 0.15) is 17.2 Å². The summed E-state index contributed by atoms with van der Waals surface area (Å²) in [5.41, 5.74) is -1.24. The number of alkyl halides is 3. The highest BCUT2D eigenvalue weighted by atomic mass is 79.9. The van der Waals surface area contributed by atoms with Gasteiger partial charge in [0.05, 0.1) is 0 Å². The third-order valence-corrected chi connectivity index (χ3v) is 2.14. The van der Waals surface area contributed by atoms with Gasteiger partial charge < -0.3 is 0 Å². The number of pyridine rings is 1. The van der Waals surface area contributed by atoms with E-state index in [0.717, 1.165) is 6.07 Å². The molecule has 0 aliphatic heterocycles. The van der Waals surface area contributed by atoms with Crippen molar-refractivity contribution in [3.05, 3.63) is 28.8 Å². The molecule has 0 fully saturated rings. The van der Waals surface area contributed by atoms with Crippen LogP contribution in [0.2, 0.25) is 0 Å². The maximum atomic E-state index is 13.1. The van der Waals surface area contributed by atoms with Crippen molar-refractivity contribution in [2.24, 2.45) is 0 Å². The lowest BCUT2D eigenvalue weighted by Crippen LogP contribution is -2.03. The summed E-state index contributed by atoms with van der Waals surface area (Å²) in [6, 6.07) is 0.829. The molecule has 1 rings (SSSR count). The zero-order valence-electron chi connectivity index (χ0n) is 6.81. The molecule has 6 heteroatoms. The average Bonchev–Trinajstić information content (AvgIpc) is 2.16. The summed E-state index contributed by atoms with van der Waals surface area (Å²) in [5.74, 6) is -0.853. The number of hydrogen-bond donors (Lipinski definition) is 0. The molecule has 0 radical (unpaired) electrons. The molecule has 1 aromatic rings. The lowest BCUT2D eigenvalue weighted by Gasteiger charge is -2.06. The van der Waals surface area contributed by atoms with E-state index in [1.807, 2.05) is 0 Å². The van der Waals surface area contributed by atoms with Crippen molar-refractivity contribution in [2.75, 3.05) is 0 Å². The van der Waals surface area contributed by atoms with Crippen LogP contribution in [0, 0.1) is 5.82 Å². The highest BCUT2D eigenvalue weighted by molar-refractivity contribution is 9.08. The summed E-state index contributed by atoms with van der Waals surface area (Å²) in [7, 11) is 0. The Morgan fingerprint density at radius 1 is 1.57 bits per heavy atom. The molecule has 0 N–H and O–H groups in total. The van der Waals surface area contributed by atoms with Gasteiger partial charge in [-0.2, -0.15) is 0 Å². The first-order valence-electron chi connectivity index (χ1n) is 3.58. The summed E-state index contributed by atoms with van der Waals surface area (Å²) >= 11 is 2.87. The second kappa shape index (κ2) is 4.54. The summed E-state index contributed by atoms with van der Waals surface area (Å²) in [5, 5.41) is -0.0648. The van der Waals surface area contributed by atoms with Crippen LogP contribution >= 0.6 is 15.9 Å². The van der Waals surface area contributed by atoms with Crippen LogP contribution < -0.4 is 0 Å². The fourth-order valence-corrected chi connectivity index (χ4v) is 1.51. The SMILES string of the molecule is O=Cc1cc(F)c(CBr)c(C(F)F)n1. The highest BCUT2D eigenvalue weighted by Crippen LogP contribution is 2.25. The molecule has 0 aliphatic rings. The third-order valence-electron chi connectivity index (χ3n) is 1.58. The van der Waals surface area contributed by atoms with Gasteiger partial charge in [-0.25, -0.2) is 18.2 Å². The Morgan fingerprint density at radius 2 is 2.21 bits per heavy atom. The van der Waals surface area contributed by atoms with Crippen molar-refractivity contribution < 1.29 is 18.0 Å². The van der Waals surface area contributed by atoms with Crippen LogP contribution in [0.5, 0.6) is 0 Å². The number of aromatic nitrogens is 1. The largest absolute Gasteiger partial charge is 0.296 e. The molecule has 2 nitrogen and oxygen atoms in total. The van der Waals surface area contributed by atoms with Crippen molar-refractivity contribution in [3.63, 3.8) is 0 Å². The Hall–Kier alpha value is -0.910. The van der Waals surface area contributed by atoms with Crippen molar-refractivity contribution >= 4 is 22.2 Å². The fraction of sp³-hybridized carbons (Fsp3) is 0.250. The van der Waals surface area contributed by atoms with Crippen molar-refractivity contribution in [1.82, 2.24) is 4.98 Å². The van der Waals surface area contributed by atoms with Gasteiger partial charge >= 0.3 is 0 Å². The van der Waals surface area contributed by atoms with Crippen LogP contribution in [0.1, 0.15) is 28.2 Å². The normalized spacial score (nSPS) is 10.6. The molecule has 0 aromatic carbocycles. The number of nitrogens with zero attached hydrogens (tertiary/aromatic N) is 1. The molecule has 0 atom stereocenters. The predicted octanol–water partition coefficient (Wildman–Crippen LogP) is 2.87. The molecule has 1 heterocycles. The van der Waals surface area contributed by atoms with Crippen LogP contribution in [0.25, 0.3) is 0 Å². The Morgan fingerprint density at radius 3 is 2.64 bits per heavy atom. The van der Waals surface area contributed by atoms with Gasteiger partial charge in [0.15, 0.2) is 6.29 Å². The minimum atomic E-state index is -2.89. The zero-order chi connectivity index (χ0) is 10.7. The van der Waals surface area contributed by atoms with Crippen molar-refractivity contribution in [1.29, 1.82) is 0 Å². The smallest absolute Gasteiger partial charge is 0.280 e. The first kappa shape index (κ1) is 11.2. The van der Waals surface area contributed by atoms with Crippen molar-refractivity contribution in [2.45, 2.75) is 11.8 Å². The second-order valence-corrected chi connectivity index (χ2v) is 3.01. The molecule has 1 aromatic heterocycles. The van der Waals surface area contributed by atoms with Gasteiger partial charge in [0.25, 0.3) is 6.43 Å². The van der Waals surface area contributed by atoms with E-state index in [2.05, 4.69) is 20.9 Å². The van der Waals surface area contributed by atoms with Crippen molar-refractivity contribution in [3.8, 4) is 0 Å². The zero-order valence-corrected chi connectivity index (χ0v) is 8.39. The van der Waals surface area contributed by atoms with E-state index in [4.69, 9.17) is 0 Å². The van der Waals surface area contributed by atoms with Gasteiger partial charge in [-0.1, -0.05) is 15.9 Å². The molecule has 0 bridgehead atoms. The number of hydrogen-bond acceptors (Lipinski definition) is 2. The van der Waals surface area contributed by atoms with E-state index in [1.165, 1.54) is 0 Å². The number of aldehydes is 1. The first-order valence-corrected chi connectivity index (χ1v) is 4.71. The topological polar surface area (TPSA) is 30.0 Å². The number of rotatable bonds is 3. The number of carbonyl (C=O) groups excluding carboxylic acids is 1. The Kier molecular flexibility index (Phi) is 3.62. The highest BCUT2D eigenvalue weighted by Gasteiger charge is 2.19. The molecule has 0 aliphatic carbocycles. The molecule has 0 spiro atoms. The van der Waals surface area contributed by atoms with E-state index >= 15 is 0 Å². The van der Waals surface area contributed by atoms with E-state index in [-0.39, 0.29) is 22.9 Å².